The Morgan fingerprint density at radius 1 is 1.10 bits per heavy atom. The number of hydrogen-bond acceptors (Lipinski definition) is 6. The number of hydrogen-bond donors (Lipinski definition) is 3. The molecule has 1 amide bonds. The summed E-state index contributed by atoms with van der Waals surface area (Å²) in [4.78, 5) is 12.3. The Balaban J connectivity index is 1.50. The topological polar surface area (TPSA) is 108 Å². The van der Waals surface area contributed by atoms with Crippen LogP contribution in [-0.2, 0) is 26.0 Å². The van der Waals surface area contributed by atoms with Crippen LogP contribution in [0.1, 0.15) is 12.0 Å². The van der Waals surface area contributed by atoms with Crippen molar-refractivity contribution in [3.63, 3.8) is 0 Å². The maximum Gasteiger partial charge on any atom is 0.243 e. The first kappa shape index (κ1) is 22.2. The molecule has 0 atom stereocenters. The van der Waals surface area contributed by atoms with E-state index in [2.05, 4.69) is 10.6 Å². The number of thiocarbonyl (C=S) groups is 1. The molecule has 1 saturated heterocycles. The zero-order valence-corrected chi connectivity index (χ0v) is 17.8. The van der Waals surface area contributed by atoms with Gasteiger partial charge in [0.1, 0.15) is 5.75 Å². The lowest BCUT2D eigenvalue weighted by molar-refractivity contribution is -0.119. The summed E-state index contributed by atoms with van der Waals surface area (Å²) in [5, 5.41) is 15.1. The number of ether oxygens (including phenoxy) is 1. The molecule has 30 heavy (non-hydrogen) atoms. The van der Waals surface area contributed by atoms with Gasteiger partial charge in [0, 0.05) is 19.5 Å². The maximum atomic E-state index is 12.6. The minimum absolute atomic E-state index is 0.0289. The molecule has 3 N–H and O–H groups in total. The van der Waals surface area contributed by atoms with Gasteiger partial charge in [-0.2, -0.15) is 4.31 Å². The van der Waals surface area contributed by atoms with Crippen molar-refractivity contribution < 1.29 is 23.1 Å². The van der Waals surface area contributed by atoms with Gasteiger partial charge in [0.15, 0.2) is 5.11 Å². The van der Waals surface area contributed by atoms with Crippen molar-refractivity contribution in [3.8, 4) is 5.75 Å². The number of phenolic OH excluding ortho intramolecular Hbond substituents is 1. The normalized spacial score (nSPS) is 14.8. The number of carbonyl (C=O) groups is 1. The standard InChI is InChI=1S/C20H23N3O5S2/c24-18-4-2-1-3-17(18)21-20(29)22-19(25)10-7-15-5-8-16(9-6-15)30(26,27)23-11-13-28-14-12-23/h1-6,8-9,24H,7,10-14H2,(H2,21,22,25,29). The molecule has 8 nitrogen and oxygen atoms in total. The highest BCUT2D eigenvalue weighted by Gasteiger charge is 2.26. The van der Waals surface area contributed by atoms with Gasteiger partial charge in [-0.1, -0.05) is 24.3 Å². The van der Waals surface area contributed by atoms with Crippen LogP contribution >= 0.6 is 12.2 Å². The first-order chi connectivity index (χ1) is 14.4. The molecule has 0 bridgehead atoms. The zero-order valence-electron chi connectivity index (χ0n) is 16.2. The Bertz CT molecular complexity index is 1000. The number of rotatable bonds is 6. The summed E-state index contributed by atoms with van der Waals surface area (Å²) in [5.74, 6) is -0.255. The number of benzene rings is 2. The van der Waals surface area contributed by atoms with E-state index >= 15 is 0 Å². The van der Waals surface area contributed by atoms with Crippen molar-refractivity contribution in [2.75, 3.05) is 31.6 Å². The summed E-state index contributed by atoms with van der Waals surface area (Å²) in [5.41, 5.74) is 1.24. The molecule has 1 aliphatic heterocycles. The van der Waals surface area contributed by atoms with Crippen LogP contribution in [0.15, 0.2) is 53.4 Å². The second-order valence-electron chi connectivity index (χ2n) is 6.68. The second kappa shape index (κ2) is 9.98. The maximum absolute atomic E-state index is 12.6. The monoisotopic (exact) mass is 449 g/mol. The molecule has 0 aromatic heterocycles. The highest BCUT2D eigenvalue weighted by molar-refractivity contribution is 7.89. The predicted octanol–water partition coefficient (Wildman–Crippen LogP) is 1.86. The number of amides is 1. The summed E-state index contributed by atoms with van der Waals surface area (Å²) >= 11 is 5.09. The smallest absolute Gasteiger partial charge is 0.243 e. The van der Waals surface area contributed by atoms with E-state index in [0.717, 1.165) is 5.56 Å². The SMILES string of the molecule is O=C(CCc1ccc(S(=O)(=O)N2CCOCC2)cc1)NC(=S)Nc1ccccc1O. The summed E-state index contributed by atoms with van der Waals surface area (Å²) in [6.45, 7) is 1.48. The van der Waals surface area contributed by atoms with Crippen molar-refractivity contribution in [1.82, 2.24) is 9.62 Å². The molecule has 1 aliphatic rings. The van der Waals surface area contributed by atoms with E-state index in [1.807, 2.05) is 0 Å². The minimum Gasteiger partial charge on any atom is -0.506 e. The van der Waals surface area contributed by atoms with E-state index in [9.17, 15) is 18.3 Å². The van der Waals surface area contributed by atoms with E-state index in [4.69, 9.17) is 17.0 Å². The van der Waals surface area contributed by atoms with Crippen LogP contribution in [0, 0.1) is 0 Å². The minimum atomic E-state index is -3.53. The predicted molar refractivity (Wildman–Crippen MR) is 117 cm³/mol. The number of sulfonamides is 1. The van der Waals surface area contributed by atoms with E-state index in [1.165, 1.54) is 10.4 Å². The van der Waals surface area contributed by atoms with Crippen molar-refractivity contribution in [2.24, 2.45) is 0 Å². The lowest BCUT2D eigenvalue weighted by Crippen LogP contribution is -2.40. The van der Waals surface area contributed by atoms with Gasteiger partial charge < -0.3 is 20.5 Å². The van der Waals surface area contributed by atoms with Crippen molar-refractivity contribution in [1.29, 1.82) is 0 Å². The van der Waals surface area contributed by atoms with Gasteiger partial charge in [0.05, 0.1) is 23.8 Å². The van der Waals surface area contributed by atoms with Crippen molar-refractivity contribution >= 4 is 38.9 Å². The summed E-state index contributed by atoms with van der Waals surface area (Å²) in [6.07, 6.45) is 0.612. The molecule has 0 unspecified atom stereocenters. The molecule has 0 aliphatic carbocycles. The zero-order chi connectivity index (χ0) is 21.6. The molecule has 0 radical (unpaired) electrons. The average molecular weight is 450 g/mol. The number of anilines is 1. The van der Waals surface area contributed by atoms with Crippen LogP contribution in [0.4, 0.5) is 5.69 Å². The summed E-state index contributed by atoms with van der Waals surface area (Å²) < 4.78 is 31.9. The number of phenols is 1. The van der Waals surface area contributed by atoms with Crippen molar-refractivity contribution in [3.05, 3.63) is 54.1 Å². The largest absolute Gasteiger partial charge is 0.506 e. The lowest BCUT2D eigenvalue weighted by Gasteiger charge is -2.26. The molecule has 3 rings (SSSR count). The van der Waals surface area contributed by atoms with E-state index < -0.39 is 10.0 Å². The van der Waals surface area contributed by atoms with Gasteiger partial charge in [0.25, 0.3) is 0 Å². The fourth-order valence-electron chi connectivity index (χ4n) is 2.94. The Hall–Kier alpha value is -2.53. The number of aromatic hydroxyl groups is 1. The first-order valence-electron chi connectivity index (χ1n) is 9.42. The summed E-state index contributed by atoms with van der Waals surface area (Å²) in [6, 6.07) is 13.1. The number of nitrogens with zero attached hydrogens (tertiary/aromatic N) is 1. The molecular formula is C20H23N3O5S2. The molecule has 2 aromatic rings. The molecular weight excluding hydrogens is 426 g/mol. The van der Waals surface area contributed by atoms with Crippen LogP contribution in [0.2, 0.25) is 0 Å². The molecule has 1 heterocycles. The molecule has 10 heteroatoms. The number of nitrogens with one attached hydrogen (secondary N) is 2. The molecule has 160 valence electrons. The molecule has 0 spiro atoms. The Kier molecular flexibility index (Phi) is 7.38. The van der Waals surface area contributed by atoms with Crippen LogP contribution < -0.4 is 10.6 Å². The van der Waals surface area contributed by atoms with Gasteiger partial charge in [-0.05, 0) is 48.5 Å². The number of aryl methyl sites for hydroxylation is 1. The second-order valence-corrected chi connectivity index (χ2v) is 9.03. The fourth-order valence-corrected chi connectivity index (χ4v) is 4.58. The first-order valence-corrected chi connectivity index (χ1v) is 11.3. The van der Waals surface area contributed by atoms with Crippen LogP contribution in [0.5, 0.6) is 5.75 Å². The average Bonchev–Trinajstić information content (AvgIpc) is 2.75. The number of para-hydroxylation sites is 2. The van der Waals surface area contributed by atoms with E-state index in [1.54, 1.807) is 42.5 Å². The quantitative estimate of drug-likeness (QED) is 0.456. The van der Waals surface area contributed by atoms with E-state index in [0.29, 0.717) is 38.4 Å². The highest BCUT2D eigenvalue weighted by atomic mass is 32.2. The van der Waals surface area contributed by atoms with Gasteiger partial charge in [-0.3, -0.25) is 4.79 Å². The van der Waals surface area contributed by atoms with Crippen LogP contribution in [0.25, 0.3) is 0 Å². The van der Waals surface area contributed by atoms with E-state index in [-0.39, 0.29) is 28.1 Å². The fraction of sp³-hybridized carbons (Fsp3) is 0.300. The Labute approximate surface area is 180 Å². The number of morpholine rings is 1. The third kappa shape index (κ3) is 5.76. The number of carbonyl (C=O) groups excluding carboxylic acids is 1. The van der Waals surface area contributed by atoms with Gasteiger partial charge in [-0.25, -0.2) is 8.42 Å². The van der Waals surface area contributed by atoms with Gasteiger partial charge >= 0.3 is 0 Å². The van der Waals surface area contributed by atoms with Crippen LogP contribution in [-0.4, -0.2) is 55.2 Å². The molecule has 1 fully saturated rings. The third-order valence-corrected chi connectivity index (χ3v) is 6.69. The van der Waals surface area contributed by atoms with Crippen molar-refractivity contribution in [2.45, 2.75) is 17.7 Å². The molecule has 2 aromatic carbocycles. The highest BCUT2D eigenvalue weighted by Crippen LogP contribution is 2.21. The van der Waals surface area contributed by atoms with Gasteiger partial charge in [-0.15, -0.1) is 0 Å². The summed E-state index contributed by atoms with van der Waals surface area (Å²) in [7, 11) is -3.53. The Morgan fingerprint density at radius 2 is 1.77 bits per heavy atom. The Morgan fingerprint density at radius 3 is 2.43 bits per heavy atom. The lowest BCUT2D eigenvalue weighted by atomic mass is 10.1. The third-order valence-electron chi connectivity index (χ3n) is 4.58. The van der Waals surface area contributed by atoms with Crippen LogP contribution in [0.3, 0.4) is 0 Å². The molecule has 0 saturated carbocycles. The van der Waals surface area contributed by atoms with Gasteiger partial charge in [0.2, 0.25) is 15.9 Å².